The Labute approximate surface area is 69.7 Å². The maximum Gasteiger partial charge on any atom is 0.251 e. The molecule has 1 aromatic heterocycles. The molecule has 0 saturated carbocycles. The molecule has 0 aromatic carbocycles. The molecule has 0 spiro atoms. The van der Waals surface area contributed by atoms with Crippen LogP contribution in [0.4, 0.5) is 0 Å². The quantitative estimate of drug-likeness (QED) is 0.633. The van der Waals surface area contributed by atoms with Crippen LogP contribution < -0.4 is 5.56 Å². The molecule has 1 heterocycles. The van der Waals surface area contributed by atoms with Gasteiger partial charge in [-0.2, -0.15) is 0 Å². The van der Waals surface area contributed by atoms with Crippen molar-refractivity contribution in [3.05, 3.63) is 27.9 Å². The molecular weight excluding hydrogens is 168 g/mol. The van der Waals surface area contributed by atoms with Crippen LogP contribution in [-0.2, 0) is 6.61 Å². The van der Waals surface area contributed by atoms with E-state index in [4.69, 9.17) is 5.11 Å². The van der Waals surface area contributed by atoms with Crippen LogP contribution in [0.15, 0.2) is 10.9 Å². The average molecular weight is 177 g/mol. The SMILES string of the molecule is Cc1nc(CO)cc(=O)[nH]1.Cl. The van der Waals surface area contributed by atoms with E-state index in [0.717, 1.165) is 0 Å². The van der Waals surface area contributed by atoms with Gasteiger partial charge in [-0.3, -0.25) is 4.79 Å². The molecule has 0 aliphatic carbocycles. The lowest BCUT2D eigenvalue weighted by Gasteiger charge is -1.94. The summed E-state index contributed by atoms with van der Waals surface area (Å²) >= 11 is 0. The van der Waals surface area contributed by atoms with Crippen LogP contribution in [0.3, 0.4) is 0 Å². The zero-order valence-electron chi connectivity index (χ0n) is 6.00. The van der Waals surface area contributed by atoms with Crippen molar-refractivity contribution < 1.29 is 5.11 Å². The molecule has 11 heavy (non-hydrogen) atoms. The van der Waals surface area contributed by atoms with Crippen molar-refractivity contribution in [3.63, 3.8) is 0 Å². The lowest BCUT2D eigenvalue weighted by Crippen LogP contribution is -2.10. The minimum Gasteiger partial charge on any atom is -0.390 e. The Morgan fingerprint density at radius 2 is 2.36 bits per heavy atom. The van der Waals surface area contributed by atoms with E-state index in [9.17, 15) is 4.79 Å². The van der Waals surface area contributed by atoms with E-state index >= 15 is 0 Å². The number of aryl methyl sites for hydroxylation is 1. The molecule has 0 unspecified atom stereocenters. The number of rotatable bonds is 1. The topological polar surface area (TPSA) is 66.0 Å². The standard InChI is InChI=1S/C6H8N2O2.ClH/c1-4-7-5(3-9)2-6(10)8-4;/h2,9H,3H2,1H3,(H,7,8,10);1H. The van der Waals surface area contributed by atoms with Gasteiger partial charge in [0.2, 0.25) is 0 Å². The van der Waals surface area contributed by atoms with Crippen LogP contribution in [0.5, 0.6) is 0 Å². The molecule has 0 fully saturated rings. The maximum atomic E-state index is 10.7. The summed E-state index contributed by atoms with van der Waals surface area (Å²) < 4.78 is 0. The summed E-state index contributed by atoms with van der Waals surface area (Å²) in [4.78, 5) is 17.0. The molecule has 0 aliphatic rings. The number of H-pyrrole nitrogens is 1. The highest BCUT2D eigenvalue weighted by Gasteiger charge is 1.93. The highest BCUT2D eigenvalue weighted by molar-refractivity contribution is 5.85. The summed E-state index contributed by atoms with van der Waals surface area (Å²) in [5, 5.41) is 8.57. The molecule has 0 radical (unpaired) electrons. The summed E-state index contributed by atoms with van der Waals surface area (Å²) in [5.74, 6) is 0.525. The fraction of sp³-hybridized carbons (Fsp3) is 0.333. The van der Waals surface area contributed by atoms with E-state index in [-0.39, 0.29) is 24.6 Å². The first-order valence-corrected chi connectivity index (χ1v) is 2.90. The van der Waals surface area contributed by atoms with Crippen LogP contribution >= 0.6 is 12.4 Å². The van der Waals surface area contributed by atoms with Gasteiger partial charge in [0, 0.05) is 6.07 Å². The van der Waals surface area contributed by atoms with E-state index in [1.807, 2.05) is 0 Å². The molecule has 62 valence electrons. The van der Waals surface area contributed by atoms with Gasteiger partial charge in [0.15, 0.2) is 0 Å². The Hall–Kier alpha value is -0.870. The van der Waals surface area contributed by atoms with Gasteiger partial charge in [0.1, 0.15) is 5.82 Å². The minimum absolute atomic E-state index is 0. The first kappa shape index (κ1) is 10.1. The van der Waals surface area contributed by atoms with Crippen molar-refractivity contribution in [2.45, 2.75) is 13.5 Å². The number of nitrogens with zero attached hydrogens (tertiary/aromatic N) is 1. The van der Waals surface area contributed by atoms with Crippen molar-refractivity contribution in [1.82, 2.24) is 9.97 Å². The smallest absolute Gasteiger partial charge is 0.251 e. The molecule has 0 atom stereocenters. The highest BCUT2D eigenvalue weighted by Crippen LogP contribution is 1.88. The van der Waals surface area contributed by atoms with Crippen molar-refractivity contribution in [1.29, 1.82) is 0 Å². The molecule has 2 N–H and O–H groups in total. The predicted molar refractivity (Wildman–Crippen MR) is 42.8 cm³/mol. The van der Waals surface area contributed by atoms with Gasteiger partial charge in [-0.25, -0.2) is 4.98 Å². The van der Waals surface area contributed by atoms with Crippen LogP contribution in [0.25, 0.3) is 0 Å². The zero-order chi connectivity index (χ0) is 7.56. The summed E-state index contributed by atoms with van der Waals surface area (Å²) in [7, 11) is 0. The number of aliphatic hydroxyl groups is 1. The third-order valence-electron chi connectivity index (χ3n) is 1.08. The van der Waals surface area contributed by atoms with Gasteiger partial charge >= 0.3 is 0 Å². The second-order valence-corrected chi connectivity index (χ2v) is 1.98. The van der Waals surface area contributed by atoms with Crippen molar-refractivity contribution in [2.24, 2.45) is 0 Å². The van der Waals surface area contributed by atoms with Gasteiger partial charge in [-0.05, 0) is 6.92 Å². The zero-order valence-corrected chi connectivity index (χ0v) is 6.81. The Kier molecular flexibility index (Phi) is 3.78. The molecule has 5 heteroatoms. The molecule has 1 aromatic rings. The van der Waals surface area contributed by atoms with Crippen molar-refractivity contribution in [2.75, 3.05) is 0 Å². The van der Waals surface area contributed by atoms with Crippen molar-refractivity contribution >= 4 is 12.4 Å². The Morgan fingerprint density at radius 3 is 2.82 bits per heavy atom. The number of aromatic nitrogens is 2. The average Bonchev–Trinajstić information content (AvgIpc) is 1.85. The fourth-order valence-corrected chi connectivity index (χ4v) is 0.722. The van der Waals surface area contributed by atoms with Gasteiger partial charge in [-0.1, -0.05) is 0 Å². The molecule has 0 bridgehead atoms. The van der Waals surface area contributed by atoms with Gasteiger partial charge in [0.05, 0.1) is 12.3 Å². The summed E-state index contributed by atoms with van der Waals surface area (Å²) in [6, 6.07) is 1.27. The lowest BCUT2D eigenvalue weighted by atomic mass is 10.4. The first-order chi connectivity index (χ1) is 4.72. The second-order valence-electron chi connectivity index (χ2n) is 1.98. The van der Waals surface area contributed by atoms with Crippen LogP contribution in [-0.4, -0.2) is 15.1 Å². The Morgan fingerprint density at radius 1 is 1.73 bits per heavy atom. The second kappa shape index (κ2) is 4.10. The predicted octanol–water partition coefficient (Wildman–Crippen LogP) is -0.00758. The number of nitrogens with one attached hydrogen (secondary N) is 1. The number of aliphatic hydroxyl groups excluding tert-OH is 1. The normalized spacial score (nSPS) is 8.91. The fourth-order valence-electron chi connectivity index (χ4n) is 0.722. The Balaban J connectivity index is 0.000001000. The molecule has 0 saturated heterocycles. The molecular formula is C6H9ClN2O2. The van der Waals surface area contributed by atoms with E-state index in [1.165, 1.54) is 6.07 Å². The van der Waals surface area contributed by atoms with Crippen molar-refractivity contribution in [3.8, 4) is 0 Å². The molecule has 0 aliphatic heterocycles. The molecule has 4 nitrogen and oxygen atoms in total. The summed E-state index contributed by atoms with van der Waals surface area (Å²) in [6.07, 6.45) is 0. The monoisotopic (exact) mass is 176 g/mol. The van der Waals surface area contributed by atoms with Gasteiger partial charge < -0.3 is 10.1 Å². The Bertz CT molecular complexity index is 284. The van der Waals surface area contributed by atoms with E-state index in [0.29, 0.717) is 11.5 Å². The number of hydrogen-bond acceptors (Lipinski definition) is 3. The van der Waals surface area contributed by atoms with E-state index in [2.05, 4.69) is 9.97 Å². The van der Waals surface area contributed by atoms with Gasteiger partial charge in [0.25, 0.3) is 5.56 Å². The number of halogens is 1. The molecule has 1 rings (SSSR count). The highest BCUT2D eigenvalue weighted by atomic mass is 35.5. The molecule has 0 amide bonds. The third-order valence-corrected chi connectivity index (χ3v) is 1.08. The van der Waals surface area contributed by atoms with Crippen LogP contribution in [0.2, 0.25) is 0 Å². The van der Waals surface area contributed by atoms with Crippen LogP contribution in [0, 0.1) is 6.92 Å². The summed E-state index contributed by atoms with van der Waals surface area (Å²) in [5.41, 5.74) is 0.179. The number of hydrogen-bond donors (Lipinski definition) is 2. The van der Waals surface area contributed by atoms with E-state index in [1.54, 1.807) is 6.92 Å². The lowest BCUT2D eigenvalue weighted by molar-refractivity contribution is 0.276. The number of aromatic amines is 1. The van der Waals surface area contributed by atoms with Crippen LogP contribution in [0.1, 0.15) is 11.5 Å². The van der Waals surface area contributed by atoms with Gasteiger partial charge in [-0.15, -0.1) is 12.4 Å². The first-order valence-electron chi connectivity index (χ1n) is 2.90. The van der Waals surface area contributed by atoms with E-state index < -0.39 is 0 Å². The largest absolute Gasteiger partial charge is 0.390 e. The third kappa shape index (κ3) is 2.69. The summed E-state index contributed by atoms with van der Waals surface area (Å²) in [6.45, 7) is 1.48. The maximum absolute atomic E-state index is 10.7. The minimum atomic E-state index is -0.225.